The minimum atomic E-state index is 0.601. The Hall–Kier alpha value is -1.68. The fourth-order valence-electron chi connectivity index (χ4n) is 3.85. The van der Waals surface area contributed by atoms with E-state index in [1.54, 1.807) is 6.20 Å². The first-order valence-electron chi connectivity index (χ1n) is 8.82. The van der Waals surface area contributed by atoms with E-state index in [1.165, 1.54) is 24.8 Å². The molecule has 3 unspecified atom stereocenters. The van der Waals surface area contributed by atoms with Gasteiger partial charge in [-0.3, -0.25) is 0 Å². The second-order valence-electron chi connectivity index (χ2n) is 7.25. The lowest BCUT2D eigenvalue weighted by Crippen LogP contribution is -2.42. The Bertz CT molecular complexity index is 606. The smallest absolute Gasteiger partial charge is 0.157 e. The zero-order valence-electron chi connectivity index (χ0n) is 14.4. The summed E-state index contributed by atoms with van der Waals surface area (Å²) < 4.78 is 1.85. The van der Waals surface area contributed by atoms with Crippen LogP contribution in [-0.2, 0) is 6.54 Å². The molecule has 2 heterocycles. The van der Waals surface area contributed by atoms with Crippen molar-refractivity contribution in [2.24, 2.45) is 17.8 Å². The Balaban J connectivity index is 1.72. The molecule has 0 saturated heterocycles. The first-order chi connectivity index (χ1) is 11.1. The van der Waals surface area contributed by atoms with E-state index in [9.17, 15) is 0 Å². The van der Waals surface area contributed by atoms with Crippen molar-refractivity contribution in [3.8, 4) is 5.82 Å². The number of rotatable bonds is 5. The number of hydrogen-bond donors (Lipinski definition) is 1. The summed E-state index contributed by atoms with van der Waals surface area (Å²) in [6.45, 7) is 7.94. The number of hydrogen-bond acceptors (Lipinski definition) is 3. The highest BCUT2D eigenvalue weighted by Crippen LogP contribution is 2.33. The van der Waals surface area contributed by atoms with Crippen molar-refractivity contribution in [3.05, 3.63) is 42.4 Å². The van der Waals surface area contributed by atoms with Crippen LogP contribution < -0.4 is 5.32 Å². The molecule has 1 aliphatic rings. The molecular formula is C19H28N4. The third-order valence-corrected chi connectivity index (χ3v) is 5.17. The molecule has 0 spiro atoms. The summed E-state index contributed by atoms with van der Waals surface area (Å²) in [5.41, 5.74) is 1.21. The van der Waals surface area contributed by atoms with Crippen molar-refractivity contribution in [1.82, 2.24) is 20.1 Å². The van der Waals surface area contributed by atoms with E-state index in [4.69, 9.17) is 0 Å². The maximum atomic E-state index is 4.51. The number of pyridine rings is 1. The molecule has 0 radical (unpaired) electrons. The Morgan fingerprint density at radius 1 is 1.26 bits per heavy atom. The highest BCUT2D eigenvalue weighted by atomic mass is 15.3. The van der Waals surface area contributed by atoms with Gasteiger partial charge < -0.3 is 5.32 Å². The Labute approximate surface area is 139 Å². The van der Waals surface area contributed by atoms with Crippen LogP contribution in [0.2, 0.25) is 0 Å². The van der Waals surface area contributed by atoms with E-state index >= 15 is 0 Å². The van der Waals surface area contributed by atoms with Crippen LogP contribution in [0.1, 0.15) is 45.6 Å². The highest BCUT2D eigenvalue weighted by Gasteiger charge is 2.30. The number of nitrogens with one attached hydrogen (secondary N) is 1. The Morgan fingerprint density at radius 2 is 2.13 bits per heavy atom. The van der Waals surface area contributed by atoms with E-state index in [0.717, 1.165) is 30.1 Å². The first-order valence-corrected chi connectivity index (χ1v) is 8.82. The molecule has 3 atom stereocenters. The largest absolute Gasteiger partial charge is 0.309 e. The fourth-order valence-corrected chi connectivity index (χ4v) is 3.85. The molecule has 1 aliphatic carbocycles. The second kappa shape index (κ2) is 7.26. The summed E-state index contributed by atoms with van der Waals surface area (Å²) >= 11 is 0. The maximum absolute atomic E-state index is 4.51. The molecule has 3 rings (SSSR count). The van der Waals surface area contributed by atoms with Crippen LogP contribution in [0.3, 0.4) is 0 Å². The van der Waals surface area contributed by atoms with Gasteiger partial charge in [0, 0.05) is 36.7 Å². The molecule has 4 nitrogen and oxygen atoms in total. The lowest BCUT2D eigenvalue weighted by molar-refractivity contribution is 0.169. The fraction of sp³-hybridized carbons (Fsp3) is 0.579. The summed E-state index contributed by atoms with van der Waals surface area (Å²) in [4.78, 5) is 4.51. The molecule has 2 aromatic rings. The van der Waals surface area contributed by atoms with Crippen LogP contribution in [0, 0.1) is 17.8 Å². The highest BCUT2D eigenvalue weighted by molar-refractivity contribution is 5.32. The average molecular weight is 312 g/mol. The van der Waals surface area contributed by atoms with Crippen LogP contribution in [0.15, 0.2) is 36.8 Å². The van der Waals surface area contributed by atoms with Gasteiger partial charge >= 0.3 is 0 Å². The molecule has 0 bridgehead atoms. The predicted octanol–water partition coefficient (Wildman–Crippen LogP) is 3.82. The van der Waals surface area contributed by atoms with Crippen molar-refractivity contribution in [2.75, 3.05) is 0 Å². The maximum Gasteiger partial charge on any atom is 0.157 e. The first kappa shape index (κ1) is 16.2. The van der Waals surface area contributed by atoms with E-state index in [1.807, 2.05) is 29.2 Å². The summed E-state index contributed by atoms with van der Waals surface area (Å²) in [5.74, 6) is 3.26. The van der Waals surface area contributed by atoms with Gasteiger partial charge in [0.05, 0.1) is 0 Å². The van der Waals surface area contributed by atoms with Crippen molar-refractivity contribution in [1.29, 1.82) is 0 Å². The Morgan fingerprint density at radius 3 is 2.87 bits per heavy atom. The van der Waals surface area contributed by atoms with Gasteiger partial charge in [0.2, 0.25) is 0 Å². The number of aromatic nitrogens is 3. The lowest BCUT2D eigenvalue weighted by atomic mass is 9.74. The molecule has 4 heteroatoms. The van der Waals surface area contributed by atoms with Gasteiger partial charge in [0.15, 0.2) is 5.82 Å². The summed E-state index contributed by atoms with van der Waals surface area (Å²) in [5, 5.41) is 8.14. The van der Waals surface area contributed by atoms with E-state index < -0.39 is 0 Å². The molecule has 1 N–H and O–H groups in total. The predicted molar refractivity (Wildman–Crippen MR) is 93.3 cm³/mol. The minimum absolute atomic E-state index is 0.601. The van der Waals surface area contributed by atoms with Gasteiger partial charge in [-0.25, -0.2) is 9.67 Å². The van der Waals surface area contributed by atoms with Crippen molar-refractivity contribution in [2.45, 2.75) is 52.6 Å². The standard InChI is InChI=1S/C19H28N4/c1-14(2)17-8-7-15(3)12-18(17)21-13-16-6-4-9-20-19(16)23-11-5-10-22-23/h4-6,9-11,14-15,17-18,21H,7-8,12-13H2,1-3H3. The molecule has 124 valence electrons. The third kappa shape index (κ3) is 3.81. The van der Waals surface area contributed by atoms with E-state index in [0.29, 0.717) is 6.04 Å². The monoisotopic (exact) mass is 312 g/mol. The Kier molecular flexibility index (Phi) is 5.11. The van der Waals surface area contributed by atoms with E-state index in [2.05, 4.69) is 42.2 Å². The molecule has 0 aromatic carbocycles. The second-order valence-corrected chi connectivity index (χ2v) is 7.25. The number of nitrogens with zero attached hydrogens (tertiary/aromatic N) is 3. The normalized spacial score (nSPS) is 25.0. The SMILES string of the molecule is CC1CCC(C(C)C)C(NCc2cccnc2-n2cccn2)C1. The minimum Gasteiger partial charge on any atom is -0.309 e. The molecule has 0 aliphatic heterocycles. The zero-order valence-corrected chi connectivity index (χ0v) is 14.4. The van der Waals surface area contributed by atoms with Crippen molar-refractivity contribution < 1.29 is 0 Å². The summed E-state index contributed by atoms with van der Waals surface area (Å²) in [6.07, 6.45) is 9.57. The third-order valence-electron chi connectivity index (χ3n) is 5.17. The van der Waals surface area contributed by atoms with Crippen LogP contribution in [-0.4, -0.2) is 20.8 Å². The van der Waals surface area contributed by atoms with Crippen LogP contribution in [0.4, 0.5) is 0 Å². The van der Waals surface area contributed by atoms with Crippen LogP contribution in [0.25, 0.3) is 5.82 Å². The van der Waals surface area contributed by atoms with E-state index in [-0.39, 0.29) is 0 Å². The zero-order chi connectivity index (χ0) is 16.2. The molecule has 1 fully saturated rings. The molecule has 1 saturated carbocycles. The summed E-state index contributed by atoms with van der Waals surface area (Å²) in [6, 6.07) is 6.69. The van der Waals surface area contributed by atoms with Gasteiger partial charge in [0.1, 0.15) is 0 Å². The van der Waals surface area contributed by atoms with Gasteiger partial charge in [-0.05, 0) is 42.7 Å². The molecule has 0 amide bonds. The van der Waals surface area contributed by atoms with Gasteiger partial charge in [-0.15, -0.1) is 0 Å². The van der Waals surface area contributed by atoms with Gasteiger partial charge in [-0.1, -0.05) is 33.3 Å². The molecular weight excluding hydrogens is 284 g/mol. The molecule has 23 heavy (non-hydrogen) atoms. The quantitative estimate of drug-likeness (QED) is 0.912. The summed E-state index contributed by atoms with van der Waals surface area (Å²) in [7, 11) is 0. The lowest BCUT2D eigenvalue weighted by Gasteiger charge is -2.38. The van der Waals surface area contributed by atoms with Crippen molar-refractivity contribution in [3.63, 3.8) is 0 Å². The van der Waals surface area contributed by atoms with Crippen molar-refractivity contribution >= 4 is 0 Å². The average Bonchev–Trinajstić information content (AvgIpc) is 3.07. The van der Waals surface area contributed by atoms with Crippen LogP contribution in [0.5, 0.6) is 0 Å². The van der Waals surface area contributed by atoms with Gasteiger partial charge in [-0.2, -0.15) is 5.10 Å². The topological polar surface area (TPSA) is 42.7 Å². The van der Waals surface area contributed by atoms with Gasteiger partial charge in [0.25, 0.3) is 0 Å². The molecule has 2 aromatic heterocycles. The van der Waals surface area contributed by atoms with Crippen LogP contribution >= 0.6 is 0 Å².